The first kappa shape index (κ1) is 12.1. The van der Waals surface area contributed by atoms with Gasteiger partial charge in [0.05, 0.1) is 5.69 Å². The highest BCUT2D eigenvalue weighted by molar-refractivity contribution is 5.32. The van der Waals surface area contributed by atoms with Crippen molar-refractivity contribution in [3.05, 3.63) is 11.3 Å². The number of nitrogens with zero attached hydrogens (tertiary/aromatic N) is 2. The molecule has 0 atom stereocenters. The van der Waals surface area contributed by atoms with Gasteiger partial charge in [0, 0.05) is 12.1 Å². The lowest BCUT2D eigenvalue weighted by Gasteiger charge is -2.03. The maximum atomic E-state index is 10.0. The highest BCUT2D eigenvalue weighted by Crippen LogP contribution is 2.28. The maximum absolute atomic E-state index is 10.0. The summed E-state index contributed by atoms with van der Waals surface area (Å²) in [6, 6.07) is 0. The van der Waals surface area contributed by atoms with E-state index in [4.69, 9.17) is 0 Å². The minimum absolute atomic E-state index is 0.377. The summed E-state index contributed by atoms with van der Waals surface area (Å²) in [5, 5.41) is 14.5. The molecule has 0 unspecified atom stereocenters. The number of hydrogen-bond donors (Lipinski definition) is 1. The Bertz CT molecular complexity index is 316. The Morgan fingerprint density at radius 3 is 2.40 bits per heavy atom. The SMILES string of the molecule is CCCc1c(C(C)C)nn(CCC)c1O. The molecule has 1 aromatic rings. The molecular weight excluding hydrogens is 188 g/mol. The molecule has 15 heavy (non-hydrogen) atoms. The van der Waals surface area contributed by atoms with E-state index in [1.807, 2.05) is 0 Å². The van der Waals surface area contributed by atoms with Gasteiger partial charge in [-0.05, 0) is 18.8 Å². The van der Waals surface area contributed by atoms with Crippen LogP contribution in [0, 0.1) is 0 Å². The third-order valence-electron chi connectivity index (χ3n) is 2.53. The second-order valence-electron chi connectivity index (χ2n) is 4.32. The van der Waals surface area contributed by atoms with E-state index < -0.39 is 0 Å². The summed E-state index contributed by atoms with van der Waals surface area (Å²) in [5.74, 6) is 0.762. The Labute approximate surface area is 92.1 Å². The van der Waals surface area contributed by atoms with Crippen LogP contribution < -0.4 is 0 Å². The highest BCUT2D eigenvalue weighted by Gasteiger charge is 2.17. The normalized spacial score (nSPS) is 11.3. The van der Waals surface area contributed by atoms with E-state index >= 15 is 0 Å². The lowest BCUT2D eigenvalue weighted by atomic mass is 10.0. The zero-order valence-corrected chi connectivity index (χ0v) is 10.2. The van der Waals surface area contributed by atoms with Gasteiger partial charge in [-0.25, -0.2) is 4.68 Å². The topological polar surface area (TPSA) is 38.0 Å². The molecule has 1 rings (SSSR count). The third-order valence-corrected chi connectivity index (χ3v) is 2.53. The number of aromatic hydroxyl groups is 1. The van der Waals surface area contributed by atoms with Crippen molar-refractivity contribution in [3.63, 3.8) is 0 Å². The molecule has 0 spiro atoms. The van der Waals surface area contributed by atoms with Gasteiger partial charge in [-0.1, -0.05) is 34.1 Å². The van der Waals surface area contributed by atoms with Crippen LogP contribution in [-0.2, 0) is 13.0 Å². The van der Waals surface area contributed by atoms with Crippen molar-refractivity contribution >= 4 is 0 Å². The Kier molecular flexibility index (Phi) is 4.18. The minimum atomic E-state index is 0.377. The van der Waals surface area contributed by atoms with E-state index in [2.05, 4.69) is 32.8 Å². The van der Waals surface area contributed by atoms with E-state index in [9.17, 15) is 5.11 Å². The van der Waals surface area contributed by atoms with E-state index in [-0.39, 0.29) is 0 Å². The zero-order valence-electron chi connectivity index (χ0n) is 10.2. The van der Waals surface area contributed by atoms with E-state index in [0.29, 0.717) is 11.8 Å². The number of aryl methyl sites for hydroxylation is 1. The van der Waals surface area contributed by atoms with Crippen LogP contribution in [0.2, 0.25) is 0 Å². The summed E-state index contributed by atoms with van der Waals surface area (Å²) in [4.78, 5) is 0. The summed E-state index contributed by atoms with van der Waals surface area (Å²) in [7, 11) is 0. The molecular formula is C12H22N2O. The van der Waals surface area contributed by atoms with E-state index in [0.717, 1.165) is 37.1 Å². The summed E-state index contributed by atoms with van der Waals surface area (Å²) in [6.45, 7) is 9.26. The van der Waals surface area contributed by atoms with Crippen LogP contribution in [-0.4, -0.2) is 14.9 Å². The molecule has 1 N–H and O–H groups in total. The molecule has 0 aliphatic rings. The van der Waals surface area contributed by atoms with Gasteiger partial charge in [0.15, 0.2) is 0 Å². The molecule has 0 amide bonds. The molecule has 0 aromatic carbocycles. The highest BCUT2D eigenvalue weighted by atomic mass is 16.3. The van der Waals surface area contributed by atoms with E-state index in [1.54, 1.807) is 4.68 Å². The predicted octanol–water partition coefficient (Wildman–Crippen LogP) is 3.07. The van der Waals surface area contributed by atoms with Crippen LogP contribution in [0.1, 0.15) is 57.7 Å². The van der Waals surface area contributed by atoms with Gasteiger partial charge >= 0.3 is 0 Å². The maximum Gasteiger partial charge on any atom is 0.212 e. The molecule has 86 valence electrons. The summed E-state index contributed by atoms with van der Waals surface area (Å²) in [5.41, 5.74) is 2.10. The van der Waals surface area contributed by atoms with Gasteiger partial charge < -0.3 is 5.11 Å². The largest absolute Gasteiger partial charge is 0.493 e. The molecule has 1 aromatic heterocycles. The summed E-state index contributed by atoms with van der Waals surface area (Å²) >= 11 is 0. The predicted molar refractivity (Wildman–Crippen MR) is 62.3 cm³/mol. The van der Waals surface area contributed by atoms with Gasteiger partial charge in [0.2, 0.25) is 5.88 Å². The number of aromatic nitrogens is 2. The molecule has 0 aliphatic heterocycles. The Morgan fingerprint density at radius 2 is 1.93 bits per heavy atom. The average molecular weight is 210 g/mol. The van der Waals surface area contributed by atoms with Crippen LogP contribution in [0.25, 0.3) is 0 Å². The fraction of sp³-hybridized carbons (Fsp3) is 0.750. The standard InChI is InChI=1S/C12H22N2O/c1-5-7-10-11(9(3)4)13-14(8-6-2)12(10)15/h9,15H,5-8H2,1-4H3. The van der Waals surface area contributed by atoms with Crippen molar-refractivity contribution in [2.24, 2.45) is 0 Å². The third kappa shape index (κ3) is 2.52. The van der Waals surface area contributed by atoms with Gasteiger partial charge in [0.1, 0.15) is 0 Å². The molecule has 0 aliphatic carbocycles. The fourth-order valence-corrected chi connectivity index (χ4v) is 1.83. The Morgan fingerprint density at radius 1 is 1.27 bits per heavy atom. The quantitative estimate of drug-likeness (QED) is 0.811. The Balaban J connectivity index is 3.08. The smallest absolute Gasteiger partial charge is 0.212 e. The number of rotatable bonds is 5. The van der Waals surface area contributed by atoms with Crippen LogP contribution >= 0.6 is 0 Å². The van der Waals surface area contributed by atoms with Crippen molar-refractivity contribution in [3.8, 4) is 5.88 Å². The first-order valence-corrected chi connectivity index (χ1v) is 5.90. The lowest BCUT2D eigenvalue weighted by molar-refractivity contribution is 0.392. The van der Waals surface area contributed by atoms with Crippen LogP contribution in [0.15, 0.2) is 0 Å². The average Bonchev–Trinajstić information content (AvgIpc) is 2.48. The van der Waals surface area contributed by atoms with Crippen LogP contribution in [0.4, 0.5) is 0 Å². The molecule has 3 heteroatoms. The van der Waals surface area contributed by atoms with Gasteiger partial charge in [-0.15, -0.1) is 0 Å². The van der Waals surface area contributed by atoms with Gasteiger partial charge in [-0.3, -0.25) is 0 Å². The molecule has 1 heterocycles. The monoisotopic (exact) mass is 210 g/mol. The molecule has 0 saturated carbocycles. The molecule has 3 nitrogen and oxygen atoms in total. The summed E-state index contributed by atoms with van der Waals surface area (Å²) < 4.78 is 1.74. The second-order valence-corrected chi connectivity index (χ2v) is 4.32. The number of hydrogen-bond acceptors (Lipinski definition) is 2. The summed E-state index contributed by atoms with van der Waals surface area (Å²) in [6.07, 6.45) is 2.96. The first-order chi connectivity index (χ1) is 7.11. The van der Waals surface area contributed by atoms with Crippen LogP contribution in [0.5, 0.6) is 5.88 Å². The molecule has 0 saturated heterocycles. The minimum Gasteiger partial charge on any atom is -0.493 e. The van der Waals surface area contributed by atoms with Crippen LogP contribution in [0.3, 0.4) is 0 Å². The molecule has 0 fully saturated rings. The first-order valence-electron chi connectivity index (χ1n) is 5.90. The zero-order chi connectivity index (χ0) is 11.4. The van der Waals surface area contributed by atoms with Crippen molar-refractivity contribution in [2.45, 2.75) is 59.4 Å². The second kappa shape index (κ2) is 5.19. The van der Waals surface area contributed by atoms with Gasteiger partial charge in [0.25, 0.3) is 0 Å². The molecule has 0 radical (unpaired) electrons. The van der Waals surface area contributed by atoms with Crippen molar-refractivity contribution in [1.82, 2.24) is 9.78 Å². The molecule has 0 bridgehead atoms. The van der Waals surface area contributed by atoms with E-state index in [1.165, 1.54) is 0 Å². The Hall–Kier alpha value is -0.990. The van der Waals surface area contributed by atoms with Crippen molar-refractivity contribution in [2.75, 3.05) is 0 Å². The fourth-order valence-electron chi connectivity index (χ4n) is 1.83. The van der Waals surface area contributed by atoms with Crippen molar-refractivity contribution < 1.29 is 5.11 Å². The van der Waals surface area contributed by atoms with Gasteiger partial charge in [-0.2, -0.15) is 5.10 Å². The van der Waals surface area contributed by atoms with Crippen molar-refractivity contribution in [1.29, 1.82) is 0 Å². The lowest BCUT2D eigenvalue weighted by Crippen LogP contribution is -1.99.